The van der Waals surface area contributed by atoms with Crippen LogP contribution in [-0.2, 0) is 0 Å². The van der Waals surface area contributed by atoms with Crippen LogP contribution in [0.2, 0.25) is 0 Å². The quantitative estimate of drug-likeness (QED) is 0.669. The van der Waals surface area contributed by atoms with Crippen molar-refractivity contribution in [3.05, 3.63) is 27.7 Å². The Labute approximate surface area is 91.4 Å². The lowest BCUT2D eigenvalue weighted by atomic mass is 10.2. The molecule has 1 aromatic carbocycles. The maximum atomic E-state index is 13.3. The van der Waals surface area contributed by atoms with Crippen molar-refractivity contribution in [1.82, 2.24) is 0 Å². The summed E-state index contributed by atoms with van der Waals surface area (Å²) in [5.41, 5.74) is -0.539. The molecule has 0 amide bonds. The number of rotatable bonds is 2. The monoisotopic (exact) mass is 282 g/mol. The summed E-state index contributed by atoms with van der Waals surface area (Å²) in [6, 6.07) is 0.909. The standard InChI is InChI=1S/C8H5BrF2O2S/c1-14-7-5(10)3(8(12)13)2-4(9)6(7)11/h2H,1H3,(H,12,13). The van der Waals surface area contributed by atoms with E-state index in [-0.39, 0.29) is 9.37 Å². The van der Waals surface area contributed by atoms with Crippen molar-refractivity contribution < 1.29 is 18.7 Å². The molecule has 0 heterocycles. The van der Waals surface area contributed by atoms with Gasteiger partial charge in [0.2, 0.25) is 0 Å². The highest BCUT2D eigenvalue weighted by atomic mass is 79.9. The first kappa shape index (κ1) is 11.5. The van der Waals surface area contributed by atoms with E-state index in [0.717, 1.165) is 17.8 Å². The minimum atomic E-state index is -1.42. The second-order valence-electron chi connectivity index (χ2n) is 2.37. The lowest BCUT2D eigenvalue weighted by Gasteiger charge is -2.06. The largest absolute Gasteiger partial charge is 0.478 e. The van der Waals surface area contributed by atoms with Crippen molar-refractivity contribution in [2.45, 2.75) is 4.90 Å². The van der Waals surface area contributed by atoms with E-state index in [1.165, 1.54) is 6.26 Å². The molecule has 0 saturated heterocycles. The van der Waals surface area contributed by atoms with Crippen LogP contribution in [0.15, 0.2) is 15.4 Å². The van der Waals surface area contributed by atoms with Gasteiger partial charge in [0.25, 0.3) is 0 Å². The Bertz CT molecular complexity index is 395. The summed E-state index contributed by atoms with van der Waals surface area (Å²) in [4.78, 5) is 10.3. The predicted molar refractivity (Wildman–Crippen MR) is 52.8 cm³/mol. The minimum absolute atomic E-state index is 0.0550. The Morgan fingerprint density at radius 2 is 2.07 bits per heavy atom. The topological polar surface area (TPSA) is 37.3 Å². The minimum Gasteiger partial charge on any atom is -0.478 e. The summed E-state index contributed by atoms with van der Waals surface area (Å²) in [5, 5.41) is 8.61. The van der Waals surface area contributed by atoms with Crippen LogP contribution in [0.3, 0.4) is 0 Å². The number of halogens is 3. The van der Waals surface area contributed by atoms with Gasteiger partial charge >= 0.3 is 5.97 Å². The van der Waals surface area contributed by atoms with Crippen molar-refractivity contribution in [2.24, 2.45) is 0 Å². The fraction of sp³-hybridized carbons (Fsp3) is 0.125. The first-order chi connectivity index (χ1) is 6.49. The third kappa shape index (κ3) is 1.90. The molecule has 76 valence electrons. The van der Waals surface area contributed by atoms with Crippen LogP contribution in [0, 0.1) is 11.6 Å². The van der Waals surface area contributed by atoms with Crippen molar-refractivity contribution in [2.75, 3.05) is 6.26 Å². The first-order valence-electron chi connectivity index (χ1n) is 3.43. The van der Waals surface area contributed by atoms with E-state index in [1.54, 1.807) is 0 Å². The lowest BCUT2D eigenvalue weighted by molar-refractivity contribution is 0.0691. The molecule has 0 fully saturated rings. The number of benzene rings is 1. The Kier molecular flexibility index (Phi) is 3.49. The van der Waals surface area contributed by atoms with Crippen LogP contribution in [0.25, 0.3) is 0 Å². The maximum absolute atomic E-state index is 13.3. The number of carboxylic acids is 1. The number of carboxylic acid groups (broad SMARTS) is 1. The lowest BCUT2D eigenvalue weighted by Crippen LogP contribution is -2.04. The molecule has 0 aromatic heterocycles. The molecule has 0 spiro atoms. The summed E-state index contributed by atoms with van der Waals surface area (Å²) in [7, 11) is 0. The average Bonchev–Trinajstić information content (AvgIpc) is 2.12. The fourth-order valence-electron chi connectivity index (χ4n) is 0.915. The molecule has 6 heteroatoms. The van der Waals surface area contributed by atoms with Crippen LogP contribution < -0.4 is 0 Å². The van der Waals surface area contributed by atoms with Crippen molar-refractivity contribution in [1.29, 1.82) is 0 Å². The molecule has 0 radical (unpaired) electrons. The molecule has 0 unspecified atom stereocenters. The van der Waals surface area contributed by atoms with Gasteiger partial charge in [-0.2, -0.15) is 0 Å². The van der Waals surface area contributed by atoms with Crippen LogP contribution in [-0.4, -0.2) is 17.3 Å². The number of aromatic carboxylic acids is 1. The van der Waals surface area contributed by atoms with Crippen molar-refractivity contribution in [3.8, 4) is 0 Å². The van der Waals surface area contributed by atoms with E-state index in [4.69, 9.17) is 5.11 Å². The van der Waals surface area contributed by atoms with Gasteiger partial charge < -0.3 is 5.11 Å². The SMILES string of the molecule is CSc1c(F)c(Br)cc(C(=O)O)c1F. The van der Waals surface area contributed by atoms with Crippen molar-refractivity contribution >= 4 is 33.7 Å². The van der Waals surface area contributed by atoms with E-state index in [0.29, 0.717) is 0 Å². The molecule has 0 aliphatic heterocycles. The summed E-state index contributed by atoms with van der Waals surface area (Å²) < 4.78 is 26.5. The zero-order valence-electron chi connectivity index (χ0n) is 6.97. The second-order valence-corrected chi connectivity index (χ2v) is 4.04. The molecule has 1 rings (SSSR count). The van der Waals surface area contributed by atoms with Gasteiger partial charge in [0.1, 0.15) is 0 Å². The molecule has 1 aromatic rings. The molecule has 0 aliphatic rings. The number of carbonyl (C=O) groups is 1. The van der Waals surface area contributed by atoms with Gasteiger partial charge in [-0.3, -0.25) is 0 Å². The summed E-state index contributed by atoms with van der Waals surface area (Å²) in [6.45, 7) is 0. The van der Waals surface area contributed by atoms with E-state index < -0.39 is 23.2 Å². The molecule has 2 nitrogen and oxygen atoms in total. The van der Waals surface area contributed by atoms with E-state index in [1.807, 2.05) is 0 Å². The van der Waals surface area contributed by atoms with E-state index >= 15 is 0 Å². The average molecular weight is 283 g/mol. The zero-order valence-corrected chi connectivity index (χ0v) is 9.38. The Hall–Kier alpha value is -0.620. The van der Waals surface area contributed by atoms with Crippen LogP contribution in [0.1, 0.15) is 10.4 Å². The van der Waals surface area contributed by atoms with Gasteiger partial charge in [0.15, 0.2) is 11.6 Å². The highest BCUT2D eigenvalue weighted by Gasteiger charge is 2.20. The third-order valence-corrected chi connectivity index (χ3v) is 2.89. The first-order valence-corrected chi connectivity index (χ1v) is 5.45. The molecule has 0 bridgehead atoms. The van der Waals surface area contributed by atoms with Gasteiger partial charge in [0, 0.05) is 0 Å². The maximum Gasteiger partial charge on any atom is 0.338 e. The third-order valence-electron chi connectivity index (χ3n) is 1.55. The number of hydrogen-bond acceptors (Lipinski definition) is 2. The van der Waals surface area contributed by atoms with Crippen LogP contribution in [0.4, 0.5) is 8.78 Å². The molecular weight excluding hydrogens is 278 g/mol. The summed E-state index contributed by atoms with van der Waals surface area (Å²) in [6.07, 6.45) is 1.47. The highest BCUT2D eigenvalue weighted by Crippen LogP contribution is 2.31. The van der Waals surface area contributed by atoms with E-state index in [2.05, 4.69) is 15.9 Å². The van der Waals surface area contributed by atoms with Gasteiger partial charge in [-0.15, -0.1) is 11.8 Å². The molecule has 0 saturated carbocycles. The number of hydrogen-bond donors (Lipinski definition) is 1. The Balaban J connectivity index is 3.50. The van der Waals surface area contributed by atoms with Gasteiger partial charge in [-0.1, -0.05) is 0 Å². The van der Waals surface area contributed by atoms with Crippen LogP contribution in [0.5, 0.6) is 0 Å². The molecule has 0 atom stereocenters. The van der Waals surface area contributed by atoms with Crippen LogP contribution >= 0.6 is 27.7 Å². The second kappa shape index (κ2) is 4.27. The zero-order chi connectivity index (χ0) is 10.9. The molecule has 14 heavy (non-hydrogen) atoms. The Morgan fingerprint density at radius 3 is 2.50 bits per heavy atom. The van der Waals surface area contributed by atoms with Crippen molar-refractivity contribution in [3.63, 3.8) is 0 Å². The summed E-state index contributed by atoms with van der Waals surface area (Å²) >= 11 is 3.65. The van der Waals surface area contributed by atoms with E-state index in [9.17, 15) is 13.6 Å². The Morgan fingerprint density at radius 1 is 1.50 bits per heavy atom. The normalized spacial score (nSPS) is 10.3. The van der Waals surface area contributed by atoms with Gasteiger partial charge in [0.05, 0.1) is 14.9 Å². The molecular formula is C8H5BrF2O2S. The fourth-order valence-corrected chi connectivity index (χ4v) is 2.05. The van der Waals surface area contributed by atoms with Gasteiger partial charge in [-0.05, 0) is 28.3 Å². The smallest absolute Gasteiger partial charge is 0.338 e. The molecule has 0 aliphatic carbocycles. The molecule has 1 N–H and O–H groups in total. The summed E-state index contributed by atoms with van der Waals surface area (Å²) in [5.74, 6) is -3.23. The highest BCUT2D eigenvalue weighted by molar-refractivity contribution is 9.10. The number of thioether (sulfide) groups is 1. The van der Waals surface area contributed by atoms with Gasteiger partial charge in [-0.25, -0.2) is 13.6 Å². The predicted octanol–water partition coefficient (Wildman–Crippen LogP) is 3.15.